The SMILES string of the molecule is O=C(Cc1[nH]nc2ccccc12)NC1CCN(c2ncnc3c2CCC3)C1. The third-order valence-electron chi connectivity index (χ3n) is 5.58. The fraction of sp³-hybridized carbons (Fsp3) is 0.400. The second-order valence-corrected chi connectivity index (χ2v) is 7.37. The number of rotatable bonds is 4. The van der Waals surface area contributed by atoms with Crippen LogP contribution in [-0.2, 0) is 24.1 Å². The van der Waals surface area contributed by atoms with Crippen LogP contribution in [0, 0.1) is 0 Å². The molecule has 3 aromatic rings. The Kier molecular flexibility index (Phi) is 3.99. The van der Waals surface area contributed by atoms with Gasteiger partial charge in [0.1, 0.15) is 12.1 Å². The number of aryl methyl sites for hydroxylation is 1. The van der Waals surface area contributed by atoms with Crippen LogP contribution in [0.3, 0.4) is 0 Å². The minimum absolute atomic E-state index is 0.0316. The van der Waals surface area contributed by atoms with Crippen molar-refractivity contribution in [1.82, 2.24) is 25.5 Å². The van der Waals surface area contributed by atoms with Crippen LogP contribution in [0.1, 0.15) is 29.8 Å². The van der Waals surface area contributed by atoms with Gasteiger partial charge in [0, 0.05) is 35.8 Å². The molecule has 0 radical (unpaired) electrons. The zero-order valence-corrected chi connectivity index (χ0v) is 15.1. The molecule has 1 fully saturated rings. The number of hydrogen-bond donors (Lipinski definition) is 2. The summed E-state index contributed by atoms with van der Waals surface area (Å²) in [4.78, 5) is 23.8. The molecule has 2 aromatic heterocycles. The molecular formula is C20H22N6O. The summed E-state index contributed by atoms with van der Waals surface area (Å²) in [5, 5.41) is 11.4. The number of H-pyrrole nitrogens is 1. The van der Waals surface area contributed by atoms with Crippen LogP contribution in [0.2, 0.25) is 0 Å². The van der Waals surface area contributed by atoms with Crippen LogP contribution in [0.25, 0.3) is 10.9 Å². The lowest BCUT2D eigenvalue weighted by Gasteiger charge is -2.20. The van der Waals surface area contributed by atoms with Crippen molar-refractivity contribution in [3.05, 3.63) is 47.5 Å². The summed E-state index contributed by atoms with van der Waals surface area (Å²) < 4.78 is 0. The van der Waals surface area contributed by atoms with Gasteiger partial charge in [0.2, 0.25) is 5.91 Å². The zero-order valence-electron chi connectivity index (χ0n) is 15.1. The largest absolute Gasteiger partial charge is 0.354 e. The standard InChI is InChI=1S/C20H22N6O/c27-19(10-18-14-4-1-2-6-17(14)24-25-18)23-13-8-9-26(11-13)20-15-5-3-7-16(15)21-12-22-20/h1-2,4,6,12-13H,3,5,7-11H2,(H,23,27)(H,24,25). The van der Waals surface area contributed by atoms with E-state index in [1.807, 2.05) is 24.3 Å². The Hall–Kier alpha value is -2.96. The Balaban J connectivity index is 1.24. The van der Waals surface area contributed by atoms with Gasteiger partial charge in [-0.05, 0) is 31.7 Å². The minimum Gasteiger partial charge on any atom is -0.354 e. The number of carbonyl (C=O) groups is 1. The normalized spacial score (nSPS) is 18.8. The van der Waals surface area contributed by atoms with E-state index < -0.39 is 0 Å². The fourth-order valence-corrected chi connectivity index (χ4v) is 4.27. The summed E-state index contributed by atoms with van der Waals surface area (Å²) in [6.45, 7) is 1.72. The Morgan fingerprint density at radius 3 is 3.15 bits per heavy atom. The molecular weight excluding hydrogens is 340 g/mol. The smallest absolute Gasteiger partial charge is 0.226 e. The van der Waals surface area contributed by atoms with Gasteiger partial charge >= 0.3 is 0 Å². The van der Waals surface area contributed by atoms with Gasteiger partial charge in [-0.3, -0.25) is 9.89 Å². The number of anilines is 1. The van der Waals surface area contributed by atoms with Gasteiger partial charge in [0.25, 0.3) is 0 Å². The van der Waals surface area contributed by atoms with Crippen LogP contribution >= 0.6 is 0 Å². The quantitative estimate of drug-likeness (QED) is 0.739. The van der Waals surface area contributed by atoms with Crippen molar-refractivity contribution >= 4 is 22.6 Å². The molecule has 1 unspecified atom stereocenters. The van der Waals surface area contributed by atoms with Gasteiger partial charge in [-0.25, -0.2) is 9.97 Å². The van der Waals surface area contributed by atoms with Crippen molar-refractivity contribution in [2.45, 2.75) is 38.1 Å². The van der Waals surface area contributed by atoms with E-state index in [1.54, 1.807) is 6.33 Å². The summed E-state index contributed by atoms with van der Waals surface area (Å²) in [6, 6.07) is 8.01. The number of hydrogen-bond acceptors (Lipinski definition) is 5. The van der Waals surface area contributed by atoms with E-state index in [-0.39, 0.29) is 11.9 Å². The molecule has 0 saturated carbocycles. The highest BCUT2D eigenvalue weighted by Crippen LogP contribution is 2.29. The molecule has 5 rings (SSSR count). The average molecular weight is 362 g/mol. The first-order valence-electron chi connectivity index (χ1n) is 9.57. The summed E-state index contributed by atoms with van der Waals surface area (Å²) >= 11 is 0. The molecule has 2 aliphatic rings. The number of fused-ring (bicyclic) bond motifs is 2. The maximum Gasteiger partial charge on any atom is 0.226 e. The molecule has 1 aliphatic carbocycles. The molecule has 1 saturated heterocycles. The van der Waals surface area contributed by atoms with Crippen molar-refractivity contribution in [2.75, 3.05) is 18.0 Å². The summed E-state index contributed by atoms with van der Waals surface area (Å²) in [5.41, 5.74) is 4.25. The Labute approximate surface area is 157 Å². The lowest BCUT2D eigenvalue weighted by Crippen LogP contribution is -2.38. The van der Waals surface area contributed by atoms with Crippen LogP contribution in [0.4, 0.5) is 5.82 Å². The number of para-hydroxylation sites is 1. The van der Waals surface area contributed by atoms with Crippen molar-refractivity contribution < 1.29 is 4.79 Å². The maximum absolute atomic E-state index is 12.5. The molecule has 0 bridgehead atoms. The number of carbonyl (C=O) groups excluding carboxylic acids is 1. The number of aromatic amines is 1. The summed E-state index contributed by atoms with van der Waals surface area (Å²) in [7, 11) is 0. The van der Waals surface area contributed by atoms with Crippen LogP contribution < -0.4 is 10.2 Å². The third-order valence-corrected chi connectivity index (χ3v) is 5.58. The molecule has 1 aliphatic heterocycles. The monoisotopic (exact) mass is 362 g/mol. The number of benzene rings is 1. The molecule has 7 nitrogen and oxygen atoms in total. The minimum atomic E-state index is 0.0316. The molecule has 1 aromatic carbocycles. The second kappa shape index (κ2) is 6.64. The highest BCUT2D eigenvalue weighted by atomic mass is 16.1. The van der Waals surface area contributed by atoms with Crippen LogP contribution in [0.15, 0.2) is 30.6 Å². The summed E-state index contributed by atoms with van der Waals surface area (Å²) in [5.74, 6) is 1.10. The van der Waals surface area contributed by atoms with Crippen molar-refractivity contribution in [3.63, 3.8) is 0 Å². The van der Waals surface area contributed by atoms with Crippen molar-refractivity contribution in [2.24, 2.45) is 0 Å². The number of nitrogens with zero attached hydrogens (tertiary/aromatic N) is 4. The van der Waals surface area contributed by atoms with Crippen molar-refractivity contribution in [3.8, 4) is 0 Å². The molecule has 7 heteroatoms. The third kappa shape index (κ3) is 3.03. The fourth-order valence-electron chi connectivity index (χ4n) is 4.27. The first-order chi connectivity index (χ1) is 13.3. The summed E-state index contributed by atoms with van der Waals surface area (Å²) in [6.07, 6.45) is 6.21. The highest BCUT2D eigenvalue weighted by molar-refractivity contribution is 5.87. The van der Waals surface area contributed by atoms with Gasteiger partial charge < -0.3 is 10.2 Å². The molecule has 138 valence electrons. The first-order valence-corrected chi connectivity index (χ1v) is 9.57. The van der Waals surface area contributed by atoms with Gasteiger partial charge in [-0.2, -0.15) is 5.10 Å². The molecule has 1 atom stereocenters. The highest BCUT2D eigenvalue weighted by Gasteiger charge is 2.28. The van der Waals surface area contributed by atoms with Crippen LogP contribution in [-0.4, -0.2) is 45.2 Å². The predicted molar refractivity (Wildman–Crippen MR) is 103 cm³/mol. The van der Waals surface area contributed by atoms with Crippen LogP contribution in [0.5, 0.6) is 0 Å². The van der Waals surface area contributed by atoms with Gasteiger partial charge in [0.15, 0.2) is 0 Å². The van der Waals surface area contributed by atoms with Gasteiger partial charge in [-0.15, -0.1) is 0 Å². The Bertz CT molecular complexity index is 997. The number of aromatic nitrogens is 4. The first kappa shape index (κ1) is 16.2. The van der Waals surface area contributed by atoms with E-state index in [9.17, 15) is 4.79 Å². The lowest BCUT2D eigenvalue weighted by molar-refractivity contribution is -0.121. The number of amides is 1. The number of nitrogens with one attached hydrogen (secondary N) is 2. The van der Waals surface area contributed by atoms with E-state index in [4.69, 9.17) is 0 Å². The molecule has 3 heterocycles. The Morgan fingerprint density at radius 2 is 2.19 bits per heavy atom. The second-order valence-electron chi connectivity index (χ2n) is 7.37. The maximum atomic E-state index is 12.5. The van der Waals surface area contributed by atoms with Crippen molar-refractivity contribution in [1.29, 1.82) is 0 Å². The van der Waals surface area contributed by atoms with E-state index >= 15 is 0 Å². The van der Waals surface area contributed by atoms with E-state index in [0.717, 1.165) is 61.2 Å². The molecule has 1 amide bonds. The molecule has 27 heavy (non-hydrogen) atoms. The molecule has 0 spiro atoms. The lowest BCUT2D eigenvalue weighted by atomic mass is 10.1. The predicted octanol–water partition coefficient (Wildman–Crippen LogP) is 1.78. The van der Waals surface area contributed by atoms with E-state index in [0.29, 0.717) is 6.42 Å². The Morgan fingerprint density at radius 1 is 1.26 bits per heavy atom. The van der Waals surface area contributed by atoms with E-state index in [1.165, 1.54) is 11.3 Å². The average Bonchev–Trinajstić information content (AvgIpc) is 3.41. The van der Waals surface area contributed by atoms with E-state index in [2.05, 4.69) is 30.4 Å². The topological polar surface area (TPSA) is 86.8 Å². The van der Waals surface area contributed by atoms with Gasteiger partial charge in [0.05, 0.1) is 17.6 Å². The molecule has 2 N–H and O–H groups in total. The van der Waals surface area contributed by atoms with Gasteiger partial charge in [-0.1, -0.05) is 18.2 Å². The zero-order chi connectivity index (χ0) is 18.2.